The molecule has 2 fully saturated rings. The van der Waals surface area contributed by atoms with Crippen LogP contribution in [0.3, 0.4) is 0 Å². The molecule has 0 unspecified atom stereocenters. The van der Waals surface area contributed by atoms with Crippen molar-refractivity contribution >= 4 is 29.0 Å². The van der Waals surface area contributed by atoms with E-state index in [1.54, 1.807) is 38.4 Å². The van der Waals surface area contributed by atoms with Gasteiger partial charge in [-0.3, -0.25) is 29.0 Å². The van der Waals surface area contributed by atoms with Crippen LogP contribution in [0.4, 0.5) is 0 Å². The predicted molar refractivity (Wildman–Crippen MR) is 171 cm³/mol. The third-order valence-electron chi connectivity index (χ3n) is 9.96. The molecule has 12 nitrogen and oxygen atoms in total. The van der Waals surface area contributed by atoms with Crippen molar-refractivity contribution in [3.8, 4) is 16.9 Å². The summed E-state index contributed by atoms with van der Waals surface area (Å²) in [6.07, 6.45) is 0.177. The van der Waals surface area contributed by atoms with Gasteiger partial charge in [0.05, 0.1) is 24.8 Å². The van der Waals surface area contributed by atoms with Gasteiger partial charge in [-0.15, -0.1) is 0 Å². The van der Waals surface area contributed by atoms with Crippen molar-refractivity contribution in [1.82, 2.24) is 15.1 Å². The molecular weight excluding hydrogens is 606 g/mol. The molecule has 47 heavy (non-hydrogen) atoms. The number of morpholine rings is 1. The van der Waals surface area contributed by atoms with Gasteiger partial charge in [-0.1, -0.05) is 18.2 Å². The molecule has 1 aliphatic heterocycles. The Hall–Kier alpha value is -4.36. The van der Waals surface area contributed by atoms with Crippen LogP contribution in [0, 0.1) is 11.8 Å². The first kappa shape index (κ1) is 32.6. The number of nitrogens with zero attached hydrogens (tertiary/aromatic N) is 2. The fraction of sp³-hybridized carbons (Fsp3) is 0.429. The number of Topliss-reactive ketones (excluding diaryl/α,β-unsaturated/α-hetero) is 3. The Morgan fingerprint density at radius 1 is 1.09 bits per heavy atom. The van der Waals surface area contributed by atoms with Crippen molar-refractivity contribution < 1.29 is 44.3 Å². The second-order valence-electron chi connectivity index (χ2n) is 12.9. The van der Waals surface area contributed by atoms with Gasteiger partial charge in [0.25, 0.3) is 5.91 Å². The van der Waals surface area contributed by atoms with Crippen molar-refractivity contribution in [2.24, 2.45) is 11.8 Å². The molecule has 1 amide bonds. The maximum Gasteiger partial charge on any atom is 0.251 e. The molecule has 6 rings (SSSR count). The van der Waals surface area contributed by atoms with Crippen LogP contribution in [0.2, 0.25) is 0 Å². The number of phenols is 1. The van der Waals surface area contributed by atoms with E-state index in [4.69, 9.17) is 4.74 Å². The van der Waals surface area contributed by atoms with Gasteiger partial charge in [0.1, 0.15) is 22.8 Å². The summed E-state index contributed by atoms with van der Waals surface area (Å²) in [6, 6.07) is 8.97. The number of aliphatic hydroxyl groups is 3. The quantitative estimate of drug-likeness (QED) is 0.278. The Bertz CT molecular complexity index is 1740. The number of phenolic OH excluding ortho intramolecular Hbond substituents is 1. The number of carbonyl (C=O) groups is 4. The number of ether oxygens (including phenoxy) is 1. The third-order valence-corrected chi connectivity index (χ3v) is 9.96. The molecule has 2 aromatic rings. The van der Waals surface area contributed by atoms with Gasteiger partial charge in [-0.05, 0) is 74.7 Å². The number of rotatable bonds is 7. The number of hydrogen-bond donors (Lipinski definition) is 5. The maximum atomic E-state index is 14.1. The summed E-state index contributed by atoms with van der Waals surface area (Å²) in [7, 11) is 3.18. The minimum atomic E-state index is -2.63. The Morgan fingerprint density at radius 2 is 1.81 bits per heavy atom. The highest BCUT2D eigenvalue weighted by molar-refractivity contribution is 6.25. The minimum absolute atomic E-state index is 0.0100. The zero-order valence-corrected chi connectivity index (χ0v) is 26.6. The topological polar surface area (TPSA) is 177 Å². The van der Waals surface area contributed by atoms with Crippen molar-refractivity contribution in [1.29, 1.82) is 0 Å². The molecule has 5 N–H and O–H groups in total. The van der Waals surface area contributed by atoms with Gasteiger partial charge in [-0.25, -0.2) is 0 Å². The van der Waals surface area contributed by atoms with Gasteiger partial charge in [0.15, 0.2) is 17.2 Å². The molecular formula is C35H39N3O9. The molecule has 3 aliphatic carbocycles. The largest absolute Gasteiger partial charge is 0.508 e. The van der Waals surface area contributed by atoms with Crippen LogP contribution < -0.4 is 5.32 Å². The molecule has 0 spiro atoms. The van der Waals surface area contributed by atoms with Gasteiger partial charge in [0.2, 0.25) is 5.78 Å². The van der Waals surface area contributed by atoms with Crippen molar-refractivity contribution in [3.63, 3.8) is 0 Å². The van der Waals surface area contributed by atoms with E-state index in [1.165, 1.54) is 11.0 Å². The molecule has 12 heteroatoms. The lowest BCUT2D eigenvalue weighted by Gasteiger charge is -2.50. The molecule has 4 aliphatic rings. The summed E-state index contributed by atoms with van der Waals surface area (Å²) in [5.74, 6) is -6.38. The average molecular weight is 646 g/mol. The summed E-state index contributed by atoms with van der Waals surface area (Å²) in [5.41, 5.74) is -1.19. The second-order valence-corrected chi connectivity index (χ2v) is 12.9. The molecule has 4 atom stereocenters. The van der Waals surface area contributed by atoms with Gasteiger partial charge < -0.3 is 30.5 Å². The lowest BCUT2D eigenvalue weighted by atomic mass is 9.57. The first-order chi connectivity index (χ1) is 22.4. The van der Waals surface area contributed by atoms with Crippen molar-refractivity contribution in [2.45, 2.75) is 31.4 Å². The predicted octanol–water partition coefficient (Wildman–Crippen LogP) is 1.80. The Morgan fingerprint density at radius 3 is 2.49 bits per heavy atom. The van der Waals surface area contributed by atoms with Crippen LogP contribution in [-0.2, 0) is 25.5 Å². The zero-order valence-electron chi connectivity index (χ0n) is 26.6. The number of aliphatic hydroxyl groups excluding tert-OH is 2. The Kier molecular flexibility index (Phi) is 8.56. The van der Waals surface area contributed by atoms with Crippen molar-refractivity contribution in [3.05, 3.63) is 70.0 Å². The highest BCUT2D eigenvalue weighted by Gasteiger charge is 2.64. The number of aromatic hydroxyl groups is 1. The molecule has 0 radical (unpaired) electrons. The van der Waals surface area contributed by atoms with Gasteiger partial charge >= 0.3 is 0 Å². The third kappa shape index (κ3) is 5.35. The lowest BCUT2D eigenvalue weighted by Crippen LogP contribution is -2.65. The molecule has 1 heterocycles. The standard InChI is InChI=1S/C35H39N3O9/c1-18(39)26-31(42)29(37(2)3)24-17-21-16-23-22(7-8-25(40)28(23)30(41)27(21)33(44)35(24,46)32(26)43)19-5-4-6-20(15-19)34(45)36-9-10-38-11-13-47-14-12-38/h4-8,15,21,24,29,40-41,43,46H,9-14,16-17H2,1-3H3,(H,36,45)/t21-,24-,29-,35+/m0/s1. The molecule has 1 saturated carbocycles. The number of ketones is 3. The van der Waals surface area contributed by atoms with Crippen LogP contribution in [0.1, 0.15) is 34.8 Å². The number of amides is 1. The fourth-order valence-electron chi connectivity index (χ4n) is 7.70. The minimum Gasteiger partial charge on any atom is -0.508 e. The van der Waals surface area contributed by atoms with Crippen LogP contribution in [0.5, 0.6) is 5.75 Å². The SMILES string of the molecule is CC(=O)C1=C(O)[C@@]2(O)C(=O)C3=C(O)c4c(O)ccc(-c5cccc(C(=O)NCCN6CCOCC6)c5)c4C[C@H]3C[C@H]2[C@H](N(C)C)C1=O. The van der Waals surface area contributed by atoms with Gasteiger partial charge in [-0.2, -0.15) is 0 Å². The zero-order chi connectivity index (χ0) is 33.8. The summed E-state index contributed by atoms with van der Waals surface area (Å²) in [5, 5.41) is 48.5. The molecule has 0 bridgehead atoms. The summed E-state index contributed by atoms with van der Waals surface area (Å²) < 4.78 is 5.37. The van der Waals surface area contributed by atoms with Crippen LogP contribution in [0.25, 0.3) is 16.9 Å². The fourth-order valence-corrected chi connectivity index (χ4v) is 7.70. The molecule has 1 saturated heterocycles. The van der Waals surface area contributed by atoms with E-state index in [0.29, 0.717) is 48.6 Å². The monoisotopic (exact) mass is 645 g/mol. The first-order valence-electron chi connectivity index (χ1n) is 15.8. The number of benzene rings is 2. The number of nitrogens with one attached hydrogen (secondary N) is 1. The number of fused-ring (bicyclic) bond motifs is 3. The number of hydrogen-bond acceptors (Lipinski definition) is 11. The molecule has 248 valence electrons. The van der Waals surface area contributed by atoms with Gasteiger partial charge in [0, 0.05) is 43.2 Å². The Balaban J connectivity index is 1.36. The highest BCUT2D eigenvalue weighted by atomic mass is 16.5. The van der Waals surface area contributed by atoms with E-state index < -0.39 is 57.9 Å². The average Bonchev–Trinajstić information content (AvgIpc) is 3.03. The lowest BCUT2D eigenvalue weighted by molar-refractivity contribution is -0.153. The maximum absolute atomic E-state index is 14.1. The van der Waals surface area contributed by atoms with E-state index >= 15 is 0 Å². The van der Waals surface area contributed by atoms with Crippen LogP contribution in [-0.4, -0.2) is 119 Å². The van der Waals surface area contributed by atoms with E-state index in [9.17, 15) is 39.6 Å². The van der Waals surface area contributed by atoms with E-state index in [1.807, 2.05) is 6.07 Å². The molecule has 0 aromatic heterocycles. The first-order valence-corrected chi connectivity index (χ1v) is 15.8. The number of likely N-dealkylation sites (N-methyl/N-ethyl adjacent to an activating group) is 1. The summed E-state index contributed by atoms with van der Waals surface area (Å²) in [4.78, 5) is 56.8. The van der Waals surface area contributed by atoms with Crippen LogP contribution in [0.15, 0.2) is 53.3 Å². The molecule has 2 aromatic carbocycles. The van der Waals surface area contributed by atoms with Crippen molar-refractivity contribution in [2.75, 3.05) is 53.5 Å². The summed E-state index contributed by atoms with van der Waals surface area (Å²) >= 11 is 0. The van der Waals surface area contributed by atoms with E-state index in [0.717, 1.165) is 20.0 Å². The number of carbonyl (C=O) groups excluding carboxylic acids is 4. The normalized spacial score (nSPS) is 26.2. The summed E-state index contributed by atoms with van der Waals surface area (Å²) in [6.45, 7) is 5.22. The van der Waals surface area contributed by atoms with E-state index in [-0.39, 0.29) is 35.6 Å². The van der Waals surface area contributed by atoms with E-state index in [2.05, 4.69) is 10.2 Å². The highest BCUT2D eigenvalue weighted by Crippen LogP contribution is 2.53. The van der Waals surface area contributed by atoms with Crippen LogP contribution >= 0.6 is 0 Å². The Labute approximate surface area is 271 Å². The smallest absolute Gasteiger partial charge is 0.251 e. The second kappa shape index (κ2) is 12.3.